The molecule has 0 N–H and O–H groups in total. The second kappa shape index (κ2) is 2.86. The van der Waals surface area contributed by atoms with Gasteiger partial charge in [0.1, 0.15) is 0 Å². The molecule has 0 bridgehead atoms. The first-order valence-corrected chi connectivity index (χ1v) is 3.49. The van der Waals surface area contributed by atoms with Gasteiger partial charge < -0.3 is 14.3 Å². The number of rotatable bonds is 1. The van der Waals surface area contributed by atoms with Gasteiger partial charge in [0.05, 0.1) is 6.08 Å². The molecule has 1 rings (SSSR count). The van der Waals surface area contributed by atoms with Crippen molar-refractivity contribution in [2.45, 2.75) is 19.6 Å². The molecule has 64 valence electrons. The lowest BCUT2D eigenvalue weighted by Crippen LogP contribution is -2.34. The van der Waals surface area contributed by atoms with Crippen LogP contribution in [0.1, 0.15) is 13.8 Å². The molecule has 0 spiro atoms. The van der Waals surface area contributed by atoms with E-state index >= 15 is 0 Å². The van der Waals surface area contributed by atoms with Gasteiger partial charge in [-0.15, -0.1) is 0 Å². The first-order chi connectivity index (χ1) is 5.53. The second-order valence-corrected chi connectivity index (χ2v) is 2.85. The van der Waals surface area contributed by atoms with Crippen molar-refractivity contribution in [1.82, 2.24) is 0 Å². The molecule has 0 saturated carbocycles. The number of nitrogens with zero attached hydrogens (tertiary/aromatic N) is 1. The predicted molar refractivity (Wildman–Crippen MR) is 40.8 cm³/mol. The number of carbonyl (C=O) groups excluding carboxylic acids is 1. The SMILES string of the molecule is [C-]#[N+]CC1=CC(=O)OC(C)(C)O1. The Morgan fingerprint density at radius 3 is 2.75 bits per heavy atom. The van der Waals surface area contributed by atoms with Gasteiger partial charge in [-0.1, -0.05) is 0 Å². The summed E-state index contributed by atoms with van der Waals surface area (Å²) < 4.78 is 10.00. The van der Waals surface area contributed by atoms with Gasteiger partial charge >= 0.3 is 5.97 Å². The minimum atomic E-state index is -0.939. The normalized spacial score (nSPS) is 20.1. The average Bonchev–Trinajstić information content (AvgIpc) is 1.82. The first kappa shape index (κ1) is 8.60. The highest BCUT2D eigenvalue weighted by atomic mass is 16.7. The first-order valence-electron chi connectivity index (χ1n) is 3.49. The molecule has 12 heavy (non-hydrogen) atoms. The van der Waals surface area contributed by atoms with Crippen molar-refractivity contribution in [2.75, 3.05) is 6.54 Å². The second-order valence-electron chi connectivity index (χ2n) is 2.85. The van der Waals surface area contributed by atoms with Crippen molar-refractivity contribution in [3.05, 3.63) is 23.3 Å². The quantitative estimate of drug-likeness (QED) is 0.433. The number of esters is 1. The maximum absolute atomic E-state index is 10.9. The van der Waals surface area contributed by atoms with Gasteiger partial charge in [0.15, 0.2) is 5.76 Å². The van der Waals surface area contributed by atoms with Gasteiger partial charge in [-0.2, -0.15) is 0 Å². The van der Waals surface area contributed by atoms with Gasteiger partial charge in [-0.05, 0) is 0 Å². The van der Waals surface area contributed by atoms with Crippen molar-refractivity contribution in [2.24, 2.45) is 0 Å². The predicted octanol–water partition coefficient (Wildman–Crippen LogP) is 1.10. The molecule has 0 aliphatic carbocycles. The Kier molecular flexibility index (Phi) is 2.05. The van der Waals surface area contributed by atoms with E-state index in [4.69, 9.17) is 16.0 Å². The van der Waals surface area contributed by atoms with Crippen molar-refractivity contribution in [3.8, 4) is 0 Å². The van der Waals surface area contributed by atoms with Gasteiger partial charge in [0, 0.05) is 13.8 Å². The third-order valence-electron chi connectivity index (χ3n) is 1.24. The number of hydrogen-bond donors (Lipinski definition) is 0. The zero-order valence-corrected chi connectivity index (χ0v) is 6.96. The monoisotopic (exact) mass is 167 g/mol. The standard InChI is InChI=1S/C8H9NO3/c1-8(2)11-6(5-9-3)4-7(10)12-8/h4H,5H2,1-2H3. The topological polar surface area (TPSA) is 39.9 Å². The van der Waals surface area contributed by atoms with E-state index in [1.165, 1.54) is 6.08 Å². The van der Waals surface area contributed by atoms with Gasteiger partial charge in [0.25, 0.3) is 6.54 Å². The van der Waals surface area contributed by atoms with Crippen molar-refractivity contribution in [3.63, 3.8) is 0 Å². The molecule has 0 aromatic carbocycles. The van der Waals surface area contributed by atoms with Crippen molar-refractivity contribution in [1.29, 1.82) is 0 Å². The molecule has 4 heteroatoms. The van der Waals surface area contributed by atoms with Crippen LogP contribution in [0.15, 0.2) is 11.8 Å². The smallest absolute Gasteiger partial charge is 0.337 e. The maximum Gasteiger partial charge on any atom is 0.337 e. The molecule has 0 radical (unpaired) electrons. The molecule has 0 saturated heterocycles. The number of ether oxygens (including phenoxy) is 2. The molecule has 0 unspecified atom stereocenters. The van der Waals surface area contributed by atoms with Crippen LogP contribution in [0.3, 0.4) is 0 Å². The number of cyclic esters (lactones) is 1. The van der Waals surface area contributed by atoms with Crippen LogP contribution in [0.2, 0.25) is 0 Å². The lowest BCUT2D eigenvalue weighted by atomic mass is 10.3. The van der Waals surface area contributed by atoms with Crippen LogP contribution in [0.5, 0.6) is 0 Å². The Balaban J connectivity index is 2.78. The number of hydrogen-bond acceptors (Lipinski definition) is 3. The molecule has 0 amide bonds. The zero-order chi connectivity index (χ0) is 9.19. The molecular formula is C8H9NO3. The van der Waals surface area contributed by atoms with Crippen LogP contribution in [-0.4, -0.2) is 18.3 Å². The molecule has 1 heterocycles. The van der Waals surface area contributed by atoms with Gasteiger partial charge in [-0.25, -0.2) is 11.4 Å². The van der Waals surface area contributed by atoms with E-state index in [1.807, 2.05) is 0 Å². The summed E-state index contributed by atoms with van der Waals surface area (Å²) in [4.78, 5) is 14.0. The largest absolute Gasteiger partial charge is 0.449 e. The Labute approximate surface area is 70.6 Å². The van der Waals surface area contributed by atoms with Gasteiger partial charge in [-0.3, -0.25) is 0 Å². The van der Waals surface area contributed by atoms with Crippen LogP contribution in [0.4, 0.5) is 0 Å². The molecule has 1 aliphatic heterocycles. The Hall–Kier alpha value is -1.50. The molecule has 0 aromatic heterocycles. The van der Waals surface area contributed by atoms with E-state index in [0.29, 0.717) is 5.76 Å². The highest BCUT2D eigenvalue weighted by molar-refractivity contribution is 5.83. The molecule has 0 fully saturated rings. The van der Waals surface area contributed by atoms with Crippen LogP contribution < -0.4 is 0 Å². The lowest BCUT2D eigenvalue weighted by molar-refractivity contribution is -0.204. The van der Waals surface area contributed by atoms with E-state index in [-0.39, 0.29) is 6.54 Å². The third-order valence-corrected chi connectivity index (χ3v) is 1.24. The lowest BCUT2D eigenvalue weighted by Gasteiger charge is -2.28. The summed E-state index contributed by atoms with van der Waals surface area (Å²) in [5, 5.41) is 0. The van der Waals surface area contributed by atoms with E-state index < -0.39 is 11.8 Å². The Bertz CT molecular complexity index is 273. The fraction of sp³-hybridized carbons (Fsp3) is 0.500. The number of carbonyl (C=O) groups is 1. The third kappa shape index (κ3) is 1.99. The van der Waals surface area contributed by atoms with E-state index in [0.717, 1.165) is 0 Å². The summed E-state index contributed by atoms with van der Waals surface area (Å²) in [5.41, 5.74) is 0. The minimum absolute atomic E-state index is 0.0819. The van der Waals surface area contributed by atoms with E-state index in [2.05, 4.69) is 4.85 Å². The van der Waals surface area contributed by atoms with Crippen LogP contribution in [0.25, 0.3) is 4.85 Å². The van der Waals surface area contributed by atoms with Crippen LogP contribution in [-0.2, 0) is 14.3 Å². The van der Waals surface area contributed by atoms with Gasteiger partial charge in [0.2, 0.25) is 5.79 Å². The summed E-state index contributed by atoms with van der Waals surface area (Å²) in [6.45, 7) is 9.92. The van der Waals surface area contributed by atoms with Crippen LogP contribution >= 0.6 is 0 Å². The molecule has 0 aromatic rings. The maximum atomic E-state index is 10.9. The summed E-state index contributed by atoms with van der Waals surface area (Å²) in [6, 6.07) is 0. The summed E-state index contributed by atoms with van der Waals surface area (Å²) in [6.07, 6.45) is 1.20. The Morgan fingerprint density at radius 2 is 2.25 bits per heavy atom. The van der Waals surface area contributed by atoms with E-state index in [9.17, 15) is 4.79 Å². The summed E-state index contributed by atoms with van der Waals surface area (Å²) >= 11 is 0. The zero-order valence-electron chi connectivity index (χ0n) is 6.96. The highest BCUT2D eigenvalue weighted by Gasteiger charge is 2.30. The average molecular weight is 167 g/mol. The fourth-order valence-electron chi connectivity index (χ4n) is 0.925. The van der Waals surface area contributed by atoms with Crippen molar-refractivity contribution >= 4 is 5.97 Å². The molecule has 1 aliphatic rings. The Morgan fingerprint density at radius 1 is 1.58 bits per heavy atom. The summed E-state index contributed by atoms with van der Waals surface area (Å²) in [7, 11) is 0. The fourth-order valence-corrected chi connectivity index (χ4v) is 0.925. The van der Waals surface area contributed by atoms with Crippen molar-refractivity contribution < 1.29 is 14.3 Å². The van der Waals surface area contributed by atoms with E-state index in [1.54, 1.807) is 13.8 Å². The minimum Gasteiger partial charge on any atom is -0.449 e. The highest BCUT2D eigenvalue weighted by Crippen LogP contribution is 2.21. The summed E-state index contributed by atoms with van der Waals surface area (Å²) in [5.74, 6) is -1.03. The molecule has 0 atom stereocenters. The molecular weight excluding hydrogens is 158 g/mol. The van der Waals surface area contributed by atoms with Crippen LogP contribution in [0, 0.1) is 6.57 Å². The molecule has 4 nitrogen and oxygen atoms in total.